The molecule has 0 saturated carbocycles. The molecule has 0 heterocycles. The van der Waals surface area contributed by atoms with E-state index in [2.05, 4.69) is 36.5 Å². The molecule has 1 aromatic rings. The van der Waals surface area contributed by atoms with Gasteiger partial charge in [-0.05, 0) is 18.6 Å². The lowest BCUT2D eigenvalue weighted by molar-refractivity contribution is 0.161. The maximum atomic E-state index is 9.50. The van der Waals surface area contributed by atoms with Crippen molar-refractivity contribution in [1.82, 2.24) is 5.32 Å². The quantitative estimate of drug-likeness (QED) is 0.540. The van der Waals surface area contributed by atoms with Crippen LogP contribution in [0, 0.1) is 0 Å². The molecule has 0 bridgehead atoms. The summed E-state index contributed by atoms with van der Waals surface area (Å²) in [6.45, 7) is 3.75. The fourth-order valence-corrected chi connectivity index (χ4v) is 2.29. The molecular weight excluding hydrogens is 218 g/mol. The Morgan fingerprint density at radius 1 is 1.31 bits per heavy atom. The fraction of sp³-hybridized carbons (Fsp3) is 0.538. The second-order valence-corrected chi connectivity index (χ2v) is 4.98. The standard InChI is InChI=1S/C13H21NOS/c1-2-6-12(15)11-14-9-10-16-13-7-4-3-5-8-13/h3-5,7-8,12,14-15H,2,6,9-11H2,1H3. The lowest BCUT2D eigenvalue weighted by Gasteiger charge is -2.10. The summed E-state index contributed by atoms with van der Waals surface area (Å²) >= 11 is 1.84. The van der Waals surface area contributed by atoms with E-state index >= 15 is 0 Å². The first-order valence-electron chi connectivity index (χ1n) is 5.89. The van der Waals surface area contributed by atoms with Gasteiger partial charge in [0.15, 0.2) is 0 Å². The van der Waals surface area contributed by atoms with Crippen molar-refractivity contribution < 1.29 is 5.11 Å². The minimum atomic E-state index is -0.188. The number of benzene rings is 1. The van der Waals surface area contributed by atoms with Crippen LogP contribution >= 0.6 is 11.8 Å². The van der Waals surface area contributed by atoms with Gasteiger partial charge in [-0.1, -0.05) is 31.5 Å². The minimum Gasteiger partial charge on any atom is -0.392 e. The molecule has 3 heteroatoms. The number of thioether (sulfide) groups is 1. The third-order valence-corrected chi connectivity index (χ3v) is 3.31. The van der Waals surface area contributed by atoms with Crippen LogP contribution in [0.4, 0.5) is 0 Å². The summed E-state index contributed by atoms with van der Waals surface area (Å²) < 4.78 is 0. The Morgan fingerprint density at radius 3 is 2.75 bits per heavy atom. The molecule has 1 unspecified atom stereocenters. The van der Waals surface area contributed by atoms with Crippen LogP contribution in [0.1, 0.15) is 19.8 Å². The maximum absolute atomic E-state index is 9.50. The average molecular weight is 239 g/mol. The van der Waals surface area contributed by atoms with Crippen LogP contribution in [-0.4, -0.2) is 30.1 Å². The molecule has 0 aliphatic carbocycles. The van der Waals surface area contributed by atoms with E-state index in [1.165, 1.54) is 4.90 Å². The van der Waals surface area contributed by atoms with Gasteiger partial charge in [0.1, 0.15) is 0 Å². The molecule has 90 valence electrons. The predicted molar refractivity (Wildman–Crippen MR) is 71.0 cm³/mol. The lowest BCUT2D eigenvalue weighted by atomic mass is 10.2. The van der Waals surface area contributed by atoms with Gasteiger partial charge in [0.05, 0.1) is 6.10 Å². The lowest BCUT2D eigenvalue weighted by Crippen LogP contribution is -2.28. The number of nitrogens with one attached hydrogen (secondary N) is 1. The molecule has 1 aromatic carbocycles. The van der Waals surface area contributed by atoms with Crippen LogP contribution in [0.5, 0.6) is 0 Å². The van der Waals surface area contributed by atoms with Gasteiger partial charge in [-0.2, -0.15) is 0 Å². The Bertz CT molecular complexity index is 266. The van der Waals surface area contributed by atoms with Crippen molar-refractivity contribution in [2.45, 2.75) is 30.8 Å². The predicted octanol–water partition coefficient (Wildman–Crippen LogP) is 2.53. The maximum Gasteiger partial charge on any atom is 0.0664 e. The Hall–Kier alpha value is -0.510. The van der Waals surface area contributed by atoms with E-state index in [0.717, 1.165) is 25.1 Å². The van der Waals surface area contributed by atoms with Crippen LogP contribution in [0.2, 0.25) is 0 Å². The molecule has 0 amide bonds. The molecule has 0 fully saturated rings. The van der Waals surface area contributed by atoms with Crippen molar-refractivity contribution >= 4 is 11.8 Å². The van der Waals surface area contributed by atoms with E-state index in [0.29, 0.717) is 6.54 Å². The summed E-state index contributed by atoms with van der Waals surface area (Å²) in [6, 6.07) is 10.4. The topological polar surface area (TPSA) is 32.3 Å². The third kappa shape index (κ3) is 6.16. The Labute approximate surface area is 102 Å². The molecule has 0 spiro atoms. The van der Waals surface area contributed by atoms with Crippen molar-refractivity contribution in [3.63, 3.8) is 0 Å². The van der Waals surface area contributed by atoms with Gasteiger partial charge in [-0.3, -0.25) is 0 Å². The molecule has 1 atom stereocenters. The van der Waals surface area contributed by atoms with Gasteiger partial charge in [-0.15, -0.1) is 11.8 Å². The van der Waals surface area contributed by atoms with E-state index in [1.54, 1.807) is 0 Å². The van der Waals surface area contributed by atoms with Crippen LogP contribution in [-0.2, 0) is 0 Å². The van der Waals surface area contributed by atoms with E-state index in [-0.39, 0.29) is 6.10 Å². The molecule has 0 saturated heterocycles. The third-order valence-electron chi connectivity index (χ3n) is 2.29. The first-order valence-corrected chi connectivity index (χ1v) is 6.88. The van der Waals surface area contributed by atoms with Crippen molar-refractivity contribution in [1.29, 1.82) is 0 Å². The highest BCUT2D eigenvalue weighted by atomic mass is 32.2. The fourth-order valence-electron chi connectivity index (χ4n) is 1.46. The van der Waals surface area contributed by atoms with E-state index in [1.807, 2.05) is 17.8 Å². The van der Waals surface area contributed by atoms with Gasteiger partial charge in [-0.25, -0.2) is 0 Å². The largest absolute Gasteiger partial charge is 0.392 e. The molecule has 16 heavy (non-hydrogen) atoms. The first kappa shape index (κ1) is 13.6. The van der Waals surface area contributed by atoms with Crippen LogP contribution in [0.3, 0.4) is 0 Å². The monoisotopic (exact) mass is 239 g/mol. The number of rotatable bonds is 8. The number of hydrogen-bond donors (Lipinski definition) is 2. The molecular formula is C13H21NOS. The molecule has 0 aliphatic rings. The first-order chi connectivity index (χ1) is 7.83. The summed E-state index contributed by atoms with van der Waals surface area (Å²) in [5, 5.41) is 12.8. The highest BCUT2D eigenvalue weighted by molar-refractivity contribution is 7.99. The number of aliphatic hydroxyl groups excluding tert-OH is 1. The number of hydrogen-bond acceptors (Lipinski definition) is 3. The Morgan fingerprint density at radius 2 is 2.06 bits per heavy atom. The normalized spacial score (nSPS) is 12.6. The number of aliphatic hydroxyl groups is 1. The van der Waals surface area contributed by atoms with Crippen LogP contribution in [0.25, 0.3) is 0 Å². The average Bonchev–Trinajstić information content (AvgIpc) is 2.30. The minimum absolute atomic E-state index is 0.188. The van der Waals surface area contributed by atoms with Gasteiger partial charge >= 0.3 is 0 Å². The molecule has 0 aromatic heterocycles. The van der Waals surface area contributed by atoms with Crippen LogP contribution in [0.15, 0.2) is 35.2 Å². The summed E-state index contributed by atoms with van der Waals surface area (Å²) in [7, 11) is 0. The van der Waals surface area contributed by atoms with E-state index < -0.39 is 0 Å². The molecule has 2 N–H and O–H groups in total. The van der Waals surface area contributed by atoms with Gasteiger partial charge < -0.3 is 10.4 Å². The van der Waals surface area contributed by atoms with Crippen molar-refractivity contribution in [3.05, 3.63) is 30.3 Å². The summed E-state index contributed by atoms with van der Waals surface area (Å²) in [5.41, 5.74) is 0. The zero-order chi connectivity index (χ0) is 11.6. The highest BCUT2D eigenvalue weighted by Gasteiger charge is 2.00. The zero-order valence-electron chi connectivity index (χ0n) is 9.86. The zero-order valence-corrected chi connectivity index (χ0v) is 10.7. The van der Waals surface area contributed by atoms with Gasteiger partial charge in [0, 0.05) is 23.7 Å². The van der Waals surface area contributed by atoms with Gasteiger partial charge in [0.25, 0.3) is 0 Å². The van der Waals surface area contributed by atoms with Gasteiger partial charge in [0.2, 0.25) is 0 Å². The second-order valence-electron chi connectivity index (χ2n) is 3.81. The summed E-state index contributed by atoms with van der Waals surface area (Å²) in [4.78, 5) is 1.30. The highest BCUT2D eigenvalue weighted by Crippen LogP contribution is 2.15. The van der Waals surface area contributed by atoms with Crippen molar-refractivity contribution in [3.8, 4) is 0 Å². The molecule has 0 radical (unpaired) electrons. The SMILES string of the molecule is CCCC(O)CNCCSc1ccccc1. The second kappa shape index (κ2) is 8.62. The smallest absolute Gasteiger partial charge is 0.0664 e. The van der Waals surface area contributed by atoms with Crippen molar-refractivity contribution in [2.24, 2.45) is 0 Å². The summed E-state index contributed by atoms with van der Waals surface area (Å²) in [6.07, 6.45) is 1.74. The van der Waals surface area contributed by atoms with Crippen molar-refractivity contribution in [2.75, 3.05) is 18.8 Å². The molecule has 2 nitrogen and oxygen atoms in total. The summed E-state index contributed by atoms with van der Waals surface area (Å²) in [5.74, 6) is 1.04. The van der Waals surface area contributed by atoms with E-state index in [9.17, 15) is 5.11 Å². The Balaban J connectivity index is 2.00. The molecule has 1 rings (SSSR count). The van der Waals surface area contributed by atoms with Crippen LogP contribution < -0.4 is 5.32 Å². The molecule has 0 aliphatic heterocycles. The Kier molecular flexibility index (Phi) is 7.30. The van der Waals surface area contributed by atoms with E-state index in [4.69, 9.17) is 0 Å².